The Morgan fingerprint density at radius 1 is 1.23 bits per heavy atom. The van der Waals surface area contributed by atoms with Crippen molar-refractivity contribution < 1.29 is 9.53 Å². The van der Waals surface area contributed by atoms with Crippen LogP contribution in [-0.2, 0) is 0 Å². The van der Waals surface area contributed by atoms with Gasteiger partial charge in [0.05, 0.1) is 18.4 Å². The Balaban J connectivity index is 1.81. The van der Waals surface area contributed by atoms with Gasteiger partial charge in [-0.3, -0.25) is 4.79 Å². The predicted octanol–water partition coefficient (Wildman–Crippen LogP) is 4.11. The molecular weight excluding hydrogens is 298 g/mol. The molecule has 0 aliphatic carbocycles. The molecule has 0 radical (unpaired) electrons. The molecule has 112 valence electrons. The van der Waals surface area contributed by atoms with Crippen LogP contribution in [0.2, 0.25) is 0 Å². The van der Waals surface area contributed by atoms with E-state index in [4.69, 9.17) is 4.74 Å². The van der Waals surface area contributed by atoms with Crippen molar-refractivity contribution in [2.24, 2.45) is 10.2 Å². The van der Waals surface area contributed by atoms with Crippen molar-refractivity contribution >= 4 is 23.2 Å². The molecule has 0 saturated heterocycles. The number of Topliss-reactive ketones (excluding diaryl/α,β-unsaturated/α-hetero) is 1. The van der Waals surface area contributed by atoms with Gasteiger partial charge in [0.25, 0.3) is 0 Å². The lowest BCUT2D eigenvalue weighted by molar-refractivity contribution is 0.0991. The van der Waals surface area contributed by atoms with Crippen LogP contribution in [-0.4, -0.2) is 23.3 Å². The van der Waals surface area contributed by atoms with Gasteiger partial charge in [0.15, 0.2) is 5.37 Å². The average molecular weight is 313 g/mol. The molecule has 1 unspecified atom stereocenters. The maximum absolute atomic E-state index is 12.4. The van der Waals surface area contributed by atoms with Crippen LogP contribution >= 0.6 is 11.8 Å². The number of pyridine rings is 1. The first-order valence-corrected chi connectivity index (χ1v) is 7.70. The van der Waals surface area contributed by atoms with Crippen LogP contribution in [0.25, 0.3) is 0 Å². The lowest BCUT2D eigenvalue weighted by Gasteiger charge is -2.01. The molecule has 1 aromatic carbocycles. The number of ketones is 1. The fourth-order valence-electron chi connectivity index (χ4n) is 2.31. The second kappa shape index (κ2) is 5.88. The molecule has 5 nitrogen and oxygen atoms in total. The number of ether oxygens (including phenoxy) is 1. The summed E-state index contributed by atoms with van der Waals surface area (Å²) in [4.78, 5) is 16.8. The molecule has 0 saturated carbocycles. The van der Waals surface area contributed by atoms with E-state index in [0.29, 0.717) is 11.3 Å². The highest BCUT2D eigenvalue weighted by Crippen LogP contribution is 2.38. The number of rotatable bonds is 3. The van der Waals surface area contributed by atoms with E-state index in [9.17, 15) is 4.79 Å². The second-order valence-electron chi connectivity index (χ2n) is 5.01. The van der Waals surface area contributed by atoms with Gasteiger partial charge in [-0.25, -0.2) is 4.98 Å². The molecule has 1 aliphatic heterocycles. The van der Waals surface area contributed by atoms with Gasteiger partial charge in [0, 0.05) is 5.69 Å². The number of aryl methyl sites for hydroxylation is 2. The van der Waals surface area contributed by atoms with E-state index in [1.54, 1.807) is 19.2 Å². The zero-order valence-corrected chi connectivity index (χ0v) is 13.3. The largest absolute Gasteiger partial charge is 0.497 e. The minimum atomic E-state index is -0.551. The highest BCUT2D eigenvalue weighted by atomic mass is 32.2. The molecule has 2 heterocycles. The number of hydrogen-bond acceptors (Lipinski definition) is 6. The molecule has 0 bridgehead atoms. The van der Waals surface area contributed by atoms with Crippen molar-refractivity contribution in [3.63, 3.8) is 0 Å². The van der Waals surface area contributed by atoms with Gasteiger partial charge in [-0.15, -0.1) is 0 Å². The van der Waals surface area contributed by atoms with E-state index in [2.05, 4.69) is 15.2 Å². The van der Waals surface area contributed by atoms with E-state index in [1.807, 2.05) is 32.0 Å². The number of aromatic nitrogens is 1. The van der Waals surface area contributed by atoms with Crippen LogP contribution < -0.4 is 4.74 Å². The average Bonchev–Trinajstić information content (AvgIpc) is 2.82. The number of thioether (sulfide) groups is 1. The van der Waals surface area contributed by atoms with Gasteiger partial charge >= 0.3 is 0 Å². The summed E-state index contributed by atoms with van der Waals surface area (Å²) < 4.78 is 5.09. The van der Waals surface area contributed by atoms with Gasteiger partial charge in [0.2, 0.25) is 5.78 Å². The van der Waals surface area contributed by atoms with Crippen molar-refractivity contribution in [3.05, 3.63) is 47.2 Å². The van der Waals surface area contributed by atoms with Gasteiger partial charge in [-0.1, -0.05) is 11.8 Å². The molecule has 1 aliphatic rings. The number of benzene rings is 1. The van der Waals surface area contributed by atoms with Crippen LogP contribution in [0.3, 0.4) is 0 Å². The van der Waals surface area contributed by atoms with E-state index >= 15 is 0 Å². The summed E-state index contributed by atoms with van der Waals surface area (Å²) in [6.07, 6.45) is 0. The minimum Gasteiger partial charge on any atom is -0.497 e. The molecule has 0 amide bonds. The molecule has 1 atom stereocenters. The van der Waals surface area contributed by atoms with Gasteiger partial charge in [-0.05, 0) is 49.7 Å². The zero-order chi connectivity index (χ0) is 15.7. The number of carbonyl (C=O) groups excluding carboxylic acids is 1. The van der Waals surface area contributed by atoms with Crippen molar-refractivity contribution in [3.8, 4) is 5.75 Å². The molecule has 0 spiro atoms. The van der Waals surface area contributed by atoms with Crippen LogP contribution in [0.4, 0.5) is 5.69 Å². The third-order valence-electron chi connectivity index (χ3n) is 3.36. The normalized spacial score (nSPS) is 17.0. The molecule has 0 N–H and O–H groups in total. The van der Waals surface area contributed by atoms with Crippen molar-refractivity contribution in [1.29, 1.82) is 0 Å². The smallest absolute Gasteiger partial charge is 0.202 e. The quantitative estimate of drug-likeness (QED) is 0.800. The first kappa shape index (κ1) is 14.7. The van der Waals surface area contributed by atoms with Crippen LogP contribution in [0.5, 0.6) is 5.75 Å². The molecule has 6 heteroatoms. The third-order valence-corrected chi connectivity index (χ3v) is 4.41. The lowest BCUT2D eigenvalue weighted by Crippen LogP contribution is -2.09. The molecule has 0 fully saturated rings. The summed E-state index contributed by atoms with van der Waals surface area (Å²) in [7, 11) is 1.61. The number of fused-ring (bicyclic) bond motifs is 1. The van der Waals surface area contributed by atoms with Gasteiger partial charge in [-0.2, -0.15) is 10.2 Å². The topological polar surface area (TPSA) is 63.9 Å². The lowest BCUT2D eigenvalue weighted by atomic mass is 10.1. The number of carbonyl (C=O) groups is 1. The van der Waals surface area contributed by atoms with Gasteiger partial charge < -0.3 is 4.74 Å². The standard InChI is InChI=1S/C16H15N3O2S/c1-9-8-10(2)17-15-13(9)14(20)16(22-15)19-18-11-4-6-12(21-3)7-5-11/h4-8,16H,1-3H3. The fourth-order valence-corrected chi connectivity index (χ4v) is 3.42. The third kappa shape index (κ3) is 2.74. The van der Waals surface area contributed by atoms with E-state index < -0.39 is 5.37 Å². The Labute approximate surface area is 132 Å². The maximum Gasteiger partial charge on any atom is 0.202 e. The highest BCUT2D eigenvalue weighted by Gasteiger charge is 2.34. The maximum atomic E-state index is 12.4. The molecule has 22 heavy (non-hydrogen) atoms. The minimum absolute atomic E-state index is 0.0257. The Bertz CT molecular complexity index is 757. The van der Waals surface area contributed by atoms with Gasteiger partial charge in [0.1, 0.15) is 10.8 Å². The van der Waals surface area contributed by atoms with Crippen molar-refractivity contribution in [2.45, 2.75) is 24.2 Å². The summed E-state index contributed by atoms with van der Waals surface area (Å²) in [5.41, 5.74) is 3.21. The first-order valence-electron chi connectivity index (χ1n) is 6.82. The summed E-state index contributed by atoms with van der Waals surface area (Å²) in [5.74, 6) is 0.732. The van der Waals surface area contributed by atoms with E-state index in [1.165, 1.54) is 11.8 Å². The van der Waals surface area contributed by atoms with E-state index in [0.717, 1.165) is 22.0 Å². The van der Waals surface area contributed by atoms with Crippen molar-refractivity contribution in [1.82, 2.24) is 4.98 Å². The molecule has 2 aromatic rings. The van der Waals surface area contributed by atoms with Crippen LogP contribution in [0.1, 0.15) is 21.6 Å². The first-order chi connectivity index (χ1) is 10.6. The Morgan fingerprint density at radius 2 is 1.95 bits per heavy atom. The van der Waals surface area contributed by atoms with Crippen LogP contribution in [0, 0.1) is 13.8 Å². The monoisotopic (exact) mass is 313 g/mol. The summed E-state index contributed by atoms with van der Waals surface area (Å²) in [6.45, 7) is 3.85. The number of methoxy groups -OCH3 is 1. The van der Waals surface area contributed by atoms with Crippen molar-refractivity contribution in [2.75, 3.05) is 7.11 Å². The predicted molar refractivity (Wildman–Crippen MR) is 85.2 cm³/mol. The number of nitrogens with zero attached hydrogens (tertiary/aromatic N) is 3. The fraction of sp³-hybridized carbons (Fsp3) is 0.250. The summed E-state index contributed by atoms with van der Waals surface area (Å²) >= 11 is 1.35. The molecular formula is C16H15N3O2S. The summed E-state index contributed by atoms with van der Waals surface area (Å²) in [6, 6.07) is 9.13. The van der Waals surface area contributed by atoms with E-state index in [-0.39, 0.29) is 5.78 Å². The Hall–Kier alpha value is -2.21. The molecule has 1 aromatic heterocycles. The zero-order valence-electron chi connectivity index (χ0n) is 12.5. The second-order valence-corrected chi connectivity index (χ2v) is 6.08. The highest BCUT2D eigenvalue weighted by molar-refractivity contribution is 8.01. The SMILES string of the molecule is COc1ccc(N=NC2Sc3nc(C)cc(C)c3C2=O)cc1. The summed E-state index contributed by atoms with van der Waals surface area (Å²) in [5, 5.41) is 8.52. The van der Waals surface area contributed by atoms with Crippen LogP contribution in [0.15, 0.2) is 45.6 Å². The number of hydrogen-bond donors (Lipinski definition) is 0. The molecule has 3 rings (SSSR count). The number of azo groups is 1. The Kier molecular flexibility index (Phi) is 3.94. The Morgan fingerprint density at radius 3 is 2.64 bits per heavy atom.